The van der Waals surface area contributed by atoms with E-state index in [1.54, 1.807) is 0 Å². The maximum atomic E-state index is 12.5. The van der Waals surface area contributed by atoms with E-state index in [1.165, 1.54) is 22.5 Å². The second-order valence-corrected chi connectivity index (χ2v) is 7.46. The van der Waals surface area contributed by atoms with Gasteiger partial charge < -0.3 is 5.73 Å². The first kappa shape index (κ1) is 15.3. The van der Waals surface area contributed by atoms with E-state index in [2.05, 4.69) is 0 Å². The van der Waals surface area contributed by atoms with Crippen LogP contribution in [0.5, 0.6) is 0 Å². The molecule has 0 saturated carbocycles. The lowest BCUT2D eigenvalue weighted by atomic mass is 10.0. The van der Waals surface area contributed by atoms with Gasteiger partial charge in [-0.15, -0.1) is 0 Å². The molecule has 0 aliphatic carbocycles. The van der Waals surface area contributed by atoms with Crippen LogP contribution in [-0.4, -0.2) is 31.7 Å². The Labute approximate surface area is 123 Å². The summed E-state index contributed by atoms with van der Waals surface area (Å²) in [6.45, 7) is 3.02. The van der Waals surface area contributed by atoms with Crippen LogP contribution in [0.15, 0.2) is 23.1 Å². The number of carbonyl (C=O) groups is 1. The van der Waals surface area contributed by atoms with Crippen LogP contribution in [0.1, 0.15) is 30.1 Å². The molecule has 1 fully saturated rings. The highest BCUT2D eigenvalue weighted by Gasteiger charge is 2.29. The Bertz CT molecular complexity index is 631. The number of carbonyl (C=O) groups excluding carboxylic acids is 1. The molecule has 7 heteroatoms. The zero-order valence-corrected chi connectivity index (χ0v) is 12.7. The van der Waals surface area contributed by atoms with Gasteiger partial charge in [0.1, 0.15) is 0 Å². The first-order chi connectivity index (χ1) is 9.32. The molecule has 2 N–H and O–H groups in total. The van der Waals surface area contributed by atoms with Gasteiger partial charge in [0.15, 0.2) is 0 Å². The standard InChI is InChI=1S/C13H17ClN2O3S/c1-9-3-2-6-16(8-9)20(18,19)10-4-5-12(14)11(7-10)13(15)17/h4-5,7,9H,2-3,6,8H2,1H3,(H2,15,17). The van der Waals surface area contributed by atoms with Crippen LogP contribution in [0.4, 0.5) is 0 Å². The zero-order chi connectivity index (χ0) is 14.9. The second kappa shape index (κ2) is 5.71. The molecule has 1 aliphatic heterocycles. The average Bonchev–Trinajstić information content (AvgIpc) is 2.38. The van der Waals surface area contributed by atoms with Crippen LogP contribution < -0.4 is 5.73 Å². The predicted octanol–water partition coefficient (Wildman–Crippen LogP) is 1.86. The molecule has 20 heavy (non-hydrogen) atoms. The number of halogens is 1. The Kier molecular flexibility index (Phi) is 4.36. The van der Waals surface area contributed by atoms with E-state index >= 15 is 0 Å². The van der Waals surface area contributed by atoms with Crippen molar-refractivity contribution in [2.45, 2.75) is 24.7 Å². The van der Waals surface area contributed by atoms with E-state index in [0.717, 1.165) is 12.8 Å². The topological polar surface area (TPSA) is 80.5 Å². The lowest BCUT2D eigenvalue weighted by molar-refractivity contribution is 0.1000. The molecule has 1 amide bonds. The van der Waals surface area contributed by atoms with Gasteiger partial charge in [-0.3, -0.25) is 4.79 Å². The summed E-state index contributed by atoms with van der Waals surface area (Å²) in [5, 5.41) is 0.156. The molecule has 2 rings (SSSR count). The van der Waals surface area contributed by atoms with Gasteiger partial charge in [0.25, 0.3) is 0 Å². The normalized spacial score (nSPS) is 20.8. The number of sulfonamides is 1. The van der Waals surface area contributed by atoms with Gasteiger partial charge >= 0.3 is 0 Å². The Hall–Kier alpha value is -1.11. The fraction of sp³-hybridized carbons (Fsp3) is 0.462. The van der Waals surface area contributed by atoms with Crippen molar-refractivity contribution in [2.24, 2.45) is 11.7 Å². The molecule has 1 atom stereocenters. The number of nitrogens with two attached hydrogens (primary N) is 1. The molecule has 1 unspecified atom stereocenters. The molecule has 0 aromatic heterocycles. The monoisotopic (exact) mass is 316 g/mol. The van der Waals surface area contributed by atoms with E-state index < -0.39 is 15.9 Å². The first-order valence-electron chi connectivity index (χ1n) is 6.42. The Morgan fingerprint density at radius 1 is 1.45 bits per heavy atom. The van der Waals surface area contributed by atoms with Crippen molar-refractivity contribution in [3.63, 3.8) is 0 Å². The number of benzene rings is 1. The number of primary amides is 1. The Morgan fingerprint density at radius 2 is 2.15 bits per heavy atom. The third-order valence-corrected chi connectivity index (χ3v) is 5.65. The maximum absolute atomic E-state index is 12.5. The molecule has 0 radical (unpaired) electrons. The van der Waals surface area contributed by atoms with Crippen molar-refractivity contribution in [3.05, 3.63) is 28.8 Å². The summed E-state index contributed by atoms with van der Waals surface area (Å²) in [7, 11) is -3.60. The van der Waals surface area contributed by atoms with Gasteiger partial charge in [0, 0.05) is 13.1 Å². The van der Waals surface area contributed by atoms with E-state index in [-0.39, 0.29) is 15.5 Å². The second-order valence-electron chi connectivity index (χ2n) is 5.12. The molecule has 1 aromatic rings. The van der Waals surface area contributed by atoms with Crippen LogP contribution in [0.3, 0.4) is 0 Å². The molecule has 0 spiro atoms. The summed E-state index contributed by atoms with van der Waals surface area (Å²) in [5.41, 5.74) is 5.22. The fourth-order valence-corrected chi connectivity index (χ4v) is 4.20. The van der Waals surface area contributed by atoms with Gasteiger partial charge in [-0.05, 0) is 37.0 Å². The molecule has 1 saturated heterocycles. The number of piperidine rings is 1. The van der Waals surface area contributed by atoms with Gasteiger partial charge in [-0.2, -0.15) is 4.31 Å². The minimum absolute atomic E-state index is 0.0257. The zero-order valence-electron chi connectivity index (χ0n) is 11.2. The van der Waals surface area contributed by atoms with Crippen LogP contribution in [0.25, 0.3) is 0 Å². The highest BCUT2D eigenvalue weighted by molar-refractivity contribution is 7.89. The molecule has 1 heterocycles. The number of amides is 1. The Balaban J connectivity index is 2.39. The minimum Gasteiger partial charge on any atom is -0.366 e. The number of rotatable bonds is 3. The molecule has 110 valence electrons. The van der Waals surface area contributed by atoms with Gasteiger partial charge in [-0.1, -0.05) is 18.5 Å². The number of nitrogens with zero attached hydrogens (tertiary/aromatic N) is 1. The van der Waals surface area contributed by atoms with Crippen molar-refractivity contribution < 1.29 is 13.2 Å². The third kappa shape index (κ3) is 2.97. The highest BCUT2D eigenvalue weighted by atomic mass is 35.5. The van der Waals surface area contributed by atoms with E-state index in [4.69, 9.17) is 17.3 Å². The number of hydrogen-bond donors (Lipinski definition) is 1. The smallest absolute Gasteiger partial charge is 0.250 e. The summed E-state index contributed by atoms with van der Waals surface area (Å²) in [5.74, 6) is -0.402. The Morgan fingerprint density at radius 3 is 2.75 bits per heavy atom. The van der Waals surface area contributed by atoms with Gasteiger partial charge in [0.2, 0.25) is 15.9 Å². The largest absolute Gasteiger partial charge is 0.366 e. The van der Waals surface area contributed by atoms with E-state index in [1.807, 2.05) is 6.92 Å². The summed E-state index contributed by atoms with van der Waals surface area (Å²) in [4.78, 5) is 11.3. The summed E-state index contributed by atoms with van der Waals surface area (Å²) in [6, 6.07) is 4.05. The SMILES string of the molecule is CC1CCCN(S(=O)(=O)c2ccc(Cl)c(C(N)=O)c2)C1. The molecule has 5 nitrogen and oxygen atoms in total. The highest BCUT2D eigenvalue weighted by Crippen LogP contribution is 2.26. The van der Waals surface area contributed by atoms with E-state index in [9.17, 15) is 13.2 Å². The summed E-state index contributed by atoms with van der Waals surface area (Å²) >= 11 is 5.84. The van der Waals surface area contributed by atoms with Crippen molar-refractivity contribution in [1.82, 2.24) is 4.31 Å². The predicted molar refractivity (Wildman–Crippen MR) is 77.1 cm³/mol. The van der Waals surface area contributed by atoms with Crippen molar-refractivity contribution in [3.8, 4) is 0 Å². The lowest BCUT2D eigenvalue weighted by Crippen LogP contribution is -2.39. The van der Waals surface area contributed by atoms with Crippen molar-refractivity contribution >= 4 is 27.5 Å². The number of hydrogen-bond acceptors (Lipinski definition) is 3. The van der Waals surface area contributed by atoms with E-state index in [0.29, 0.717) is 19.0 Å². The van der Waals surface area contributed by atoms with Crippen molar-refractivity contribution in [2.75, 3.05) is 13.1 Å². The minimum atomic E-state index is -3.60. The average molecular weight is 317 g/mol. The quantitative estimate of drug-likeness (QED) is 0.924. The van der Waals surface area contributed by atoms with Crippen LogP contribution in [0, 0.1) is 5.92 Å². The molecule has 1 aromatic carbocycles. The van der Waals surface area contributed by atoms with Crippen LogP contribution in [-0.2, 0) is 10.0 Å². The first-order valence-corrected chi connectivity index (χ1v) is 8.23. The van der Waals surface area contributed by atoms with Gasteiger partial charge in [-0.25, -0.2) is 8.42 Å². The third-order valence-electron chi connectivity index (χ3n) is 3.46. The lowest BCUT2D eigenvalue weighted by Gasteiger charge is -2.30. The summed E-state index contributed by atoms with van der Waals surface area (Å²) < 4.78 is 26.6. The fourth-order valence-electron chi connectivity index (χ4n) is 2.37. The summed E-state index contributed by atoms with van der Waals surface area (Å²) in [6.07, 6.45) is 1.87. The van der Waals surface area contributed by atoms with Crippen LogP contribution in [0.2, 0.25) is 5.02 Å². The molecule has 1 aliphatic rings. The molecule has 0 bridgehead atoms. The molecular formula is C13H17ClN2O3S. The van der Waals surface area contributed by atoms with Gasteiger partial charge in [0.05, 0.1) is 15.5 Å². The maximum Gasteiger partial charge on any atom is 0.250 e. The van der Waals surface area contributed by atoms with Crippen LogP contribution >= 0.6 is 11.6 Å². The molecular weight excluding hydrogens is 300 g/mol. The van der Waals surface area contributed by atoms with Crippen molar-refractivity contribution in [1.29, 1.82) is 0 Å².